The standard InChI is InChI=1S/C16H17FN2OS/c1-11-3-2-4-13(9-11)21-8-7-16(20)19-12-5-6-14(17)15(18)10-12/h2-6,9-10H,7-8,18H2,1H3,(H,19,20). The molecule has 0 saturated heterocycles. The molecule has 0 aliphatic heterocycles. The van der Waals surface area contributed by atoms with Crippen molar-refractivity contribution in [1.29, 1.82) is 0 Å². The fourth-order valence-corrected chi connectivity index (χ4v) is 2.78. The predicted octanol–water partition coefficient (Wildman–Crippen LogP) is 3.84. The lowest BCUT2D eigenvalue weighted by atomic mass is 10.2. The highest BCUT2D eigenvalue weighted by atomic mass is 32.2. The Morgan fingerprint density at radius 2 is 2.10 bits per heavy atom. The molecule has 2 aromatic rings. The van der Waals surface area contributed by atoms with Crippen LogP contribution in [-0.4, -0.2) is 11.7 Å². The van der Waals surface area contributed by atoms with Gasteiger partial charge in [0.25, 0.3) is 0 Å². The summed E-state index contributed by atoms with van der Waals surface area (Å²) < 4.78 is 13.0. The monoisotopic (exact) mass is 304 g/mol. The number of hydrogen-bond acceptors (Lipinski definition) is 3. The van der Waals surface area contributed by atoms with Crippen molar-refractivity contribution in [3.63, 3.8) is 0 Å². The number of rotatable bonds is 5. The van der Waals surface area contributed by atoms with Gasteiger partial charge in [-0.15, -0.1) is 11.8 Å². The van der Waals surface area contributed by atoms with Gasteiger partial charge in [-0.2, -0.15) is 0 Å². The van der Waals surface area contributed by atoms with Gasteiger partial charge in [-0.1, -0.05) is 17.7 Å². The molecule has 21 heavy (non-hydrogen) atoms. The highest BCUT2D eigenvalue weighted by Gasteiger charge is 2.05. The Morgan fingerprint density at radius 1 is 1.29 bits per heavy atom. The number of halogens is 1. The van der Waals surface area contributed by atoms with Gasteiger partial charge in [0, 0.05) is 22.8 Å². The first-order valence-corrected chi connectivity index (χ1v) is 7.57. The second-order valence-corrected chi connectivity index (χ2v) is 5.87. The van der Waals surface area contributed by atoms with Gasteiger partial charge in [-0.3, -0.25) is 4.79 Å². The third-order valence-corrected chi connectivity index (χ3v) is 3.86. The van der Waals surface area contributed by atoms with E-state index in [1.165, 1.54) is 23.8 Å². The second-order valence-electron chi connectivity index (χ2n) is 4.70. The lowest BCUT2D eigenvalue weighted by molar-refractivity contribution is -0.115. The quantitative estimate of drug-likeness (QED) is 0.652. The van der Waals surface area contributed by atoms with Crippen molar-refractivity contribution in [2.75, 3.05) is 16.8 Å². The smallest absolute Gasteiger partial charge is 0.225 e. The van der Waals surface area contributed by atoms with Crippen molar-refractivity contribution in [1.82, 2.24) is 0 Å². The molecule has 0 saturated carbocycles. The first-order chi connectivity index (χ1) is 10.0. The summed E-state index contributed by atoms with van der Waals surface area (Å²) in [6.07, 6.45) is 0.385. The summed E-state index contributed by atoms with van der Waals surface area (Å²) in [5.41, 5.74) is 7.20. The van der Waals surface area contributed by atoms with E-state index in [-0.39, 0.29) is 11.6 Å². The molecule has 0 aliphatic carbocycles. The molecule has 0 atom stereocenters. The Labute approximate surface area is 127 Å². The lowest BCUT2D eigenvalue weighted by Crippen LogP contribution is -2.12. The molecule has 3 nitrogen and oxygen atoms in total. The van der Waals surface area contributed by atoms with Crippen molar-refractivity contribution in [3.8, 4) is 0 Å². The molecule has 0 radical (unpaired) electrons. The van der Waals surface area contributed by atoms with Crippen molar-refractivity contribution in [3.05, 3.63) is 53.8 Å². The third-order valence-electron chi connectivity index (χ3n) is 2.87. The van der Waals surface area contributed by atoms with Crippen LogP contribution in [0.3, 0.4) is 0 Å². The van der Waals surface area contributed by atoms with Crippen LogP contribution in [0, 0.1) is 12.7 Å². The summed E-state index contributed by atoms with van der Waals surface area (Å²) in [5, 5.41) is 2.71. The predicted molar refractivity (Wildman–Crippen MR) is 86.0 cm³/mol. The molecule has 0 spiro atoms. The van der Waals surface area contributed by atoms with Gasteiger partial charge in [0.1, 0.15) is 5.82 Å². The number of amides is 1. The highest BCUT2D eigenvalue weighted by molar-refractivity contribution is 7.99. The summed E-state index contributed by atoms with van der Waals surface area (Å²) in [6.45, 7) is 2.04. The van der Waals surface area contributed by atoms with Gasteiger partial charge < -0.3 is 11.1 Å². The van der Waals surface area contributed by atoms with Crippen molar-refractivity contribution < 1.29 is 9.18 Å². The Kier molecular flexibility index (Phi) is 5.22. The van der Waals surface area contributed by atoms with E-state index < -0.39 is 5.82 Å². The number of aryl methyl sites for hydroxylation is 1. The van der Waals surface area contributed by atoms with Crippen molar-refractivity contribution in [2.45, 2.75) is 18.2 Å². The zero-order valence-corrected chi connectivity index (χ0v) is 12.5. The van der Waals surface area contributed by atoms with Gasteiger partial charge >= 0.3 is 0 Å². The number of nitrogens with one attached hydrogen (secondary N) is 1. The fourth-order valence-electron chi connectivity index (χ4n) is 1.81. The molecule has 3 N–H and O–H groups in total. The molecular formula is C16H17FN2OS. The van der Waals surface area contributed by atoms with Crippen LogP contribution in [0.5, 0.6) is 0 Å². The summed E-state index contributed by atoms with van der Waals surface area (Å²) >= 11 is 1.63. The molecule has 0 aromatic heterocycles. The minimum absolute atomic E-state index is 0.0296. The number of carbonyl (C=O) groups is 1. The van der Waals surface area contributed by atoms with Gasteiger partial charge in [0.05, 0.1) is 5.69 Å². The number of anilines is 2. The molecule has 0 aliphatic rings. The van der Waals surface area contributed by atoms with Crippen LogP contribution in [-0.2, 0) is 4.79 Å². The fraction of sp³-hybridized carbons (Fsp3) is 0.188. The third kappa shape index (κ3) is 4.79. The minimum Gasteiger partial charge on any atom is -0.396 e. The number of nitrogens with two attached hydrogens (primary N) is 1. The van der Waals surface area contributed by atoms with Crippen LogP contribution >= 0.6 is 11.8 Å². The summed E-state index contributed by atoms with van der Waals surface area (Å²) in [5.74, 6) is 0.0931. The number of benzene rings is 2. The molecule has 0 bridgehead atoms. The molecule has 110 valence electrons. The maximum Gasteiger partial charge on any atom is 0.225 e. The van der Waals surface area contributed by atoms with E-state index in [1.54, 1.807) is 11.8 Å². The SMILES string of the molecule is Cc1cccc(SCCC(=O)Nc2ccc(F)c(N)c2)c1. The Hall–Kier alpha value is -2.01. The number of carbonyl (C=O) groups excluding carboxylic acids is 1. The van der Waals surface area contributed by atoms with E-state index in [1.807, 2.05) is 25.1 Å². The average molecular weight is 304 g/mol. The summed E-state index contributed by atoms with van der Waals surface area (Å²) in [4.78, 5) is 13.0. The number of nitrogen functional groups attached to an aromatic ring is 1. The molecule has 0 unspecified atom stereocenters. The normalized spacial score (nSPS) is 10.4. The van der Waals surface area contributed by atoms with E-state index in [2.05, 4.69) is 11.4 Å². The maximum atomic E-state index is 13.0. The van der Waals surface area contributed by atoms with E-state index >= 15 is 0 Å². The van der Waals surface area contributed by atoms with Crippen LogP contribution in [0.2, 0.25) is 0 Å². The van der Waals surface area contributed by atoms with Gasteiger partial charge in [-0.05, 0) is 37.3 Å². The lowest BCUT2D eigenvalue weighted by Gasteiger charge is -2.07. The van der Waals surface area contributed by atoms with E-state index in [9.17, 15) is 9.18 Å². The van der Waals surface area contributed by atoms with Gasteiger partial charge in [0.15, 0.2) is 0 Å². The molecule has 5 heteroatoms. The second kappa shape index (κ2) is 7.13. The maximum absolute atomic E-state index is 13.0. The largest absolute Gasteiger partial charge is 0.396 e. The minimum atomic E-state index is -0.483. The van der Waals surface area contributed by atoms with Crippen molar-refractivity contribution >= 4 is 29.0 Å². The van der Waals surface area contributed by atoms with Crippen LogP contribution in [0.25, 0.3) is 0 Å². The van der Waals surface area contributed by atoms with Crippen LogP contribution < -0.4 is 11.1 Å². The number of hydrogen-bond donors (Lipinski definition) is 2. The molecule has 2 rings (SSSR count). The van der Waals surface area contributed by atoms with Crippen LogP contribution in [0.15, 0.2) is 47.4 Å². The topological polar surface area (TPSA) is 55.1 Å². The molecule has 0 fully saturated rings. The molecule has 0 heterocycles. The van der Waals surface area contributed by atoms with Crippen molar-refractivity contribution in [2.24, 2.45) is 0 Å². The van der Waals surface area contributed by atoms with Crippen LogP contribution in [0.1, 0.15) is 12.0 Å². The zero-order valence-electron chi connectivity index (χ0n) is 11.7. The first-order valence-electron chi connectivity index (χ1n) is 6.59. The first kappa shape index (κ1) is 15.4. The Balaban J connectivity index is 1.81. The summed E-state index contributed by atoms with van der Waals surface area (Å²) in [6, 6.07) is 12.3. The van der Waals surface area contributed by atoms with Crippen LogP contribution in [0.4, 0.5) is 15.8 Å². The Bertz CT molecular complexity index is 646. The molecular weight excluding hydrogens is 287 g/mol. The van der Waals surface area contributed by atoms with E-state index in [0.29, 0.717) is 17.9 Å². The van der Waals surface area contributed by atoms with E-state index in [4.69, 9.17) is 5.73 Å². The Morgan fingerprint density at radius 3 is 2.81 bits per heavy atom. The highest BCUT2D eigenvalue weighted by Crippen LogP contribution is 2.20. The summed E-state index contributed by atoms with van der Waals surface area (Å²) in [7, 11) is 0. The number of thioether (sulfide) groups is 1. The van der Waals surface area contributed by atoms with E-state index in [0.717, 1.165) is 4.90 Å². The average Bonchev–Trinajstić information content (AvgIpc) is 2.43. The molecule has 2 aromatic carbocycles. The zero-order chi connectivity index (χ0) is 15.2. The van der Waals surface area contributed by atoms with Gasteiger partial charge in [-0.25, -0.2) is 4.39 Å². The van der Waals surface area contributed by atoms with Gasteiger partial charge in [0.2, 0.25) is 5.91 Å². The molecule has 1 amide bonds.